The molecule has 1 unspecified atom stereocenters. The Hall–Kier alpha value is -1.06. The van der Waals surface area contributed by atoms with E-state index in [4.69, 9.17) is 10.5 Å². The number of rotatable bonds is 4. The van der Waals surface area contributed by atoms with Gasteiger partial charge in [0, 0.05) is 31.2 Å². The Labute approximate surface area is 116 Å². The molecule has 0 aliphatic carbocycles. The van der Waals surface area contributed by atoms with E-state index >= 15 is 0 Å². The van der Waals surface area contributed by atoms with E-state index in [0.717, 1.165) is 31.8 Å². The van der Waals surface area contributed by atoms with Crippen molar-refractivity contribution in [1.82, 2.24) is 4.90 Å². The predicted molar refractivity (Wildman–Crippen MR) is 79.3 cm³/mol. The molecule has 19 heavy (non-hydrogen) atoms. The van der Waals surface area contributed by atoms with Crippen LogP contribution in [0.3, 0.4) is 0 Å². The van der Waals surface area contributed by atoms with Crippen LogP contribution in [0.4, 0.5) is 0 Å². The second-order valence-electron chi connectivity index (χ2n) is 6.14. The molecule has 1 aliphatic heterocycles. The number of hydrogen-bond acceptors (Lipinski definition) is 3. The Balaban J connectivity index is 2.05. The van der Waals surface area contributed by atoms with Gasteiger partial charge in [0.15, 0.2) is 0 Å². The summed E-state index contributed by atoms with van der Waals surface area (Å²) in [4.78, 5) is 2.49. The van der Waals surface area contributed by atoms with Crippen LogP contribution in [0.2, 0.25) is 0 Å². The maximum absolute atomic E-state index is 6.19. The van der Waals surface area contributed by atoms with Crippen LogP contribution in [0.1, 0.15) is 32.8 Å². The van der Waals surface area contributed by atoms with Crippen LogP contribution >= 0.6 is 0 Å². The van der Waals surface area contributed by atoms with Gasteiger partial charge in [0.2, 0.25) is 0 Å². The van der Waals surface area contributed by atoms with Crippen LogP contribution in [-0.4, -0.2) is 30.6 Å². The van der Waals surface area contributed by atoms with Crippen LogP contribution in [0.5, 0.6) is 5.75 Å². The first-order valence-electron chi connectivity index (χ1n) is 7.21. The van der Waals surface area contributed by atoms with E-state index in [1.54, 1.807) is 0 Å². The van der Waals surface area contributed by atoms with E-state index in [1.807, 2.05) is 13.0 Å². The minimum Gasteiger partial charge on any atom is -0.494 e. The van der Waals surface area contributed by atoms with Crippen molar-refractivity contribution in [2.45, 2.75) is 39.8 Å². The van der Waals surface area contributed by atoms with Crippen LogP contribution in [0.15, 0.2) is 24.3 Å². The summed E-state index contributed by atoms with van der Waals surface area (Å²) < 4.78 is 5.70. The fourth-order valence-corrected chi connectivity index (χ4v) is 2.79. The summed E-state index contributed by atoms with van der Waals surface area (Å²) in [5.41, 5.74) is 7.66. The highest BCUT2D eigenvalue weighted by Gasteiger charge is 2.33. The molecule has 106 valence electrons. The monoisotopic (exact) mass is 262 g/mol. The lowest BCUT2D eigenvalue weighted by atomic mass is 9.79. The third-order valence-electron chi connectivity index (χ3n) is 4.06. The Bertz CT molecular complexity index is 417. The maximum Gasteiger partial charge on any atom is 0.123 e. The van der Waals surface area contributed by atoms with Gasteiger partial charge in [0.1, 0.15) is 5.75 Å². The third-order valence-corrected chi connectivity index (χ3v) is 4.06. The quantitative estimate of drug-likeness (QED) is 0.906. The molecule has 1 aromatic carbocycles. The van der Waals surface area contributed by atoms with Gasteiger partial charge in [-0.3, -0.25) is 4.90 Å². The van der Waals surface area contributed by atoms with Gasteiger partial charge in [-0.2, -0.15) is 0 Å². The van der Waals surface area contributed by atoms with Gasteiger partial charge in [-0.15, -0.1) is 0 Å². The van der Waals surface area contributed by atoms with Crippen LogP contribution in [0.25, 0.3) is 0 Å². The lowest BCUT2D eigenvalue weighted by Gasteiger charge is -2.42. The van der Waals surface area contributed by atoms with Crippen molar-refractivity contribution in [3.05, 3.63) is 29.8 Å². The van der Waals surface area contributed by atoms with Gasteiger partial charge in [0.25, 0.3) is 0 Å². The van der Waals surface area contributed by atoms with E-state index in [1.165, 1.54) is 5.56 Å². The summed E-state index contributed by atoms with van der Waals surface area (Å²) in [6.45, 7) is 10.3. The first-order chi connectivity index (χ1) is 9.03. The van der Waals surface area contributed by atoms with E-state index in [0.29, 0.717) is 12.6 Å². The van der Waals surface area contributed by atoms with Crippen molar-refractivity contribution in [3.8, 4) is 5.75 Å². The number of benzene rings is 1. The lowest BCUT2D eigenvalue weighted by Crippen LogP contribution is -2.52. The summed E-state index contributed by atoms with van der Waals surface area (Å²) in [5.74, 6) is 1.01. The summed E-state index contributed by atoms with van der Waals surface area (Å²) in [6.07, 6.45) is 1.07. The second kappa shape index (κ2) is 5.93. The SMILES string of the molecule is CCOc1ccccc1CN1CCC(N)C(C)(C)C1. The Morgan fingerprint density at radius 1 is 1.37 bits per heavy atom. The Kier molecular flexibility index (Phi) is 4.48. The molecule has 0 aromatic heterocycles. The number of hydrogen-bond donors (Lipinski definition) is 1. The molecule has 2 N–H and O–H groups in total. The van der Waals surface area contributed by atoms with Crippen LogP contribution in [0, 0.1) is 5.41 Å². The first kappa shape index (κ1) is 14.4. The van der Waals surface area contributed by atoms with Gasteiger partial charge in [-0.1, -0.05) is 32.0 Å². The zero-order valence-corrected chi connectivity index (χ0v) is 12.4. The van der Waals surface area contributed by atoms with Gasteiger partial charge >= 0.3 is 0 Å². The van der Waals surface area contributed by atoms with Gasteiger partial charge in [-0.05, 0) is 24.8 Å². The van der Waals surface area contributed by atoms with Crippen molar-refractivity contribution in [1.29, 1.82) is 0 Å². The van der Waals surface area contributed by atoms with Crippen molar-refractivity contribution < 1.29 is 4.74 Å². The van der Waals surface area contributed by atoms with Crippen molar-refractivity contribution in [2.24, 2.45) is 11.1 Å². The summed E-state index contributed by atoms with van der Waals surface area (Å²) in [7, 11) is 0. The van der Waals surface area contributed by atoms with E-state index < -0.39 is 0 Å². The molecular weight excluding hydrogens is 236 g/mol. The van der Waals surface area contributed by atoms with E-state index in [2.05, 4.69) is 36.9 Å². The number of likely N-dealkylation sites (tertiary alicyclic amines) is 1. The van der Waals surface area contributed by atoms with Gasteiger partial charge < -0.3 is 10.5 Å². The minimum atomic E-state index is 0.193. The highest BCUT2D eigenvalue weighted by atomic mass is 16.5. The van der Waals surface area contributed by atoms with Crippen molar-refractivity contribution in [2.75, 3.05) is 19.7 Å². The molecule has 0 saturated carbocycles. The average molecular weight is 262 g/mol. The van der Waals surface area contributed by atoms with Gasteiger partial charge in [-0.25, -0.2) is 0 Å². The first-order valence-corrected chi connectivity index (χ1v) is 7.21. The summed E-state index contributed by atoms with van der Waals surface area (Å²) >= 11 is 0. The zero-order chi connectivity index (χ0) is 13.9. The molecule has 1 heterocycles. The highest BCUT2D eigenvalue weighted by molar-refractivity contribution is 5.33. The fourth-order valence-electron chi connectivity index (χ4n) is 2.79. The smallest absolute Gasteiger partial charge is 0.123 e. The van der Waals surface area contributed by atoms with Crippen LogP contribution in [-0.2, 0) is 6.54 Å². The molecule has 1 atom stereocenters. The molecule has 0 radical (unpaired) electrons. The summed E-state index contributed by atoms with van der Waals surface area (Å²) in [6, 6.07) is 8.64. The standard InChI is InChI=1S/C16H26N2O/c1-4-19-14-8-6-5-7-13(14)11-18-10-9-15(17)16(2,3)12-18/h5-8,15H,4,9-12,17H2,1-3H3. The van der Waals surface area contributed by atoms with Crippen molar-refractivity contribution >= 4 is 0 Å². The molecule has 3 nitrogen and oxygen atoms in total. The zero-order valence-electron chi connectivity index (χ0n) is 12.4. The minimum absolute atomic E-state index is 0.193. The molecule has 1 fully saturated rings. The molecule has 0 bridgehead atoms. The second-order valence-corrected chi connectivity index (χ2v) is 6.14. The molecule has 1 aromatic rings. The van der Waals surface area contributed by atoms with Crippen molar-refractivity contribution in [3.63, 3.8) is 0 Å². The molecule has 0 spiro atoms. The molecule has 1 aliphatic rings. The average Bonchev–Trinajstić information content (AvgIpc) is 2.36. The number of para-hydroxylation sites is 1. The lowest BCUT2D eigenvalue weighted by molar-refractivity contribution is 0.0890. The third kappa shape index (κ3) is 3.48. The molecule has 1 saturated heterocycles. The topological polar surface area (TPSA) is 38.5 Å². The Morgan fingerprint density at radius 3 is 2.79 bits per heavy atom. The molecule has 3 heteroatoms. The largest absolute Gasteiger partial charge is 0.494 e. The summed E-state index contributed by atoms with van der Waals surface area (Å²) in [5, 5.41) is 0. The van der Waals surface area contributed by atoms with E-state index in [-0.39, 0.29) is 5.41 Å². The number of nitrogens with two attached hydrogens (primary N) is 1. The Morgan fingerprint density at radius 2 is 2.11 bits per heavy atom. The fraction of sp³-hybridized carbons (Fsp3) is 0.625. The molecular formula is C16H26N2O. The molecule has 0 amide bonds. The number of nitrogens with zero attached hydrogens (tertiary/aromatic N) is 1. The number of piperidine rings is 1. The normalized spacial score (nSPS) is 23.3. The van der Waals surface area contributed by atoms with Crippen LogP contribution < -0.4 is 10.5 Å². The van der Waals surface area contributed by atoms with E-state index in [9.17, 15) is 0 Å². The predicted octanol–water partition coefficient (Wildman–Crippen LogP) is 2.64. The van der Waals surface area contributed by atoms with Gasteiger partial charge in [0.05, 0.1) is 6.61 Å². The maximum atomic E-state index is 6.19. The molecule has 2 rings (SSSR count). The number of ether oxygens (including phenoxy) is 1. The highest BCUT2D eigenvalue weighted by Crippen LogP contribution is 2.30.